The fourth-order valence-electron chi connectivity index (χ4n) is 12.9. The first-order valence-electron chi connectivity index (χ1n) is 37.9. The molecule has 0 aliphatic carbocycles. The molecule has 9 N–H and O–H groups in total. The number of hydrogen-bond donors (Lipinski definition) is 9. The summed E-state index contributed by atoms with van der Waals surface area (Å²) in [4.78, 5) is 13.4. The van der Waals surface area contributed by atoms with Crippen LogP contribution in [-0.4, -0.2) is 140 Å². The molecule has 0 saturated carbocycles. The fourth-order valence-corrected chi connectivity index (χ4v) is 12.9. The Morgan fingerprint density at radius 3 is 1.08 bits per heavy atom. The molecule has 12 atom stereocenters. The summed E-state index contributed by atoms with van der Waals surface area (Å²) in [5.74, 6) is -0.199. The summed E-state index contributed by atoms with van der Waals surface area (Å²) in [6, 6.07) is -0.828. The number of nitrogens with one attached hydrogen (secondary N) is 1. The number of rotatable bonds is 64. The lowest BCUT2D eigenvalue weighted by Gasteiger charge is -2.46. The minimum Gasteiger partial charge on any atom is -0.394 e. The number of amides is 1. The minimum atomic E-state index is -1.78. The summed E-state index contributed by atoms with van der Waals surface area (Å²) in [7, 11) is 0. The van der Waals surface area contributed by atoms with Crippen LogP contribution in [0.1, 0.15) is 361 Å². The van der Waals surface area contributed by atoms with Crippen molar-refractivity contribution in [3.63, 3.8) is 0 Å². The van der Waals surface area contributed by atoms with Crippen molar-refractivity contribution >= 4 is 5.91 Å². The fraction of sp³-hybridized carbons (Fsp3) is 0.959. The van der Waals surface area contributed by atoms with Gasteiger partial charge in [-0.2, -0.15) is 0 Å². The van der Waals surface area contributed by atoms with Gasteiger partial charge in [-0.05, 0) is 38.5 Å². The number of allylic oxidation sites excluding steroid dienone is 2. The zero-order chi connectivity index (χ0) is 63.8. The molecule has 2 aliphatic rings. The number of hydrogen-bond acceptors (Lipinski definition) is 13. The summed E-state index contributed by atoms with van der Waals surface area (Å²) in [6.07, 6.45) is 56.7. The third kappa shape index (κ3) is 42.9. The molecule has 14 nitrogen and oxygen atoms in total. The van der Waals surface area contributed by atoms with Crippen molar-refractivity contribution in [1.29, 1.82) is 0 Å². The van der Waals surface area contributed by atoms with Gasteiger partial charge in [0.2, 0.25) is 5.91 Å². The van der Waals surface area contributed by atoms with Gasteiger partial charge < -0.3 is 65.1 Å². The van der Waals surface area contributed by atoms with Crippen LogP contribution < -0.4 is 5.32 Å². The molecule has 2 fully saturated rings. The van der Waals surface area contributed by atoms with Crippen molar-refractivity contribution in [2.75, 3.05) is 19.8 Å². The zero-order valence-electron chi connectivity index (χ0n) is 57.0. The maximum atomic E-state index is 13.4. The van der Waals surface area contributed by atoms with E-state index in [1.54, 1.807) is 0 Å². The van der Waals surface area contributed by atoms with Crippen molar-refractivity contribution < 1.29 is 64.6 Å². The van der Waals surface area contributed by atoms with Gasteiger partial charge in [-0.3, -0.25) is 4.79 Å². The Bertz CT molecular complexity index is 1520. The van der Waals surface area contributed by atoms with E-state index in [0.29, 0.717) is 12.8 Å². The molecule has 522 valence electrons. The molecule has 0 bridgehead atoms. The van der Waals surface area contributed by atoms with Gasteiger partial charge in [-0.25, -0.2) is 0 Å². The highest BCUT2D eigenvalue weighted by atomic mass is 16.7. The lowest BCUT2D eigenvalue weighted by molar-refractivity contribution is -0.359. The number of aliphatic hydroxyl groups is 8. The van der Waals surface area contributed by atoms with E-state index in [1.807, 2.05) is 0 Å². The molecule has 2 rings (SSSR count). The first kappa shape index (κ1) is 82.8. The van der Waals surface area contributed by atoms with Crippen LogP contribution in [0.2, 0.25) is 0 Å². The average Bonchev–Trinajstić information content (AvgIpc) is 2.07. The van der Waals surface area contributed by atoms with Crippen LogP contribution in [0.5, 0.6) is 0 Å². The van der Waals surface area contributed by atoms with E-state index in [2.05, 4.69) is 31.3 Å². The monoisotopic (exact) mass is 1250 g/mol. The molecular formula is C74H143NO13. The van der Waals surface area contributed by atoms with Gasteiger partial charge in [0.05, 0.1) is 32.0 Å². The molecular weight excluding hydrogens is 1110 g/mol. The highest BCUT2D eigenvalue weighted by molar-refractivity contribution is 5.76. The summed E-state index contributed by atoms with van der Waals surface area (Å²) >= 11 is 0. The number of unbranched alkanes of at least 4 members (excludes halogenated alkanes) is 49. The van der Waals surface area contributed by atoms with Crippen LogP contribution >= 0.6 is 0 Å². The number of aliphatic hydroxyl groups excluding tert-OH is 8. The quantitative estimate of drug-likeness (QED) is 0.0204. The van der Waals surface area contributed by atoms with Crippen molar-refractivity contribution in [3.05, 3.63) is 12.2 Å². The number of ether oxygens (including phenoxy) is 4. The first-order chi connectivity index (χ1) is 43.1. The summed E-state index contributed by atoms with van der Waals surface area (Å²) < 4.78 is 23.0. The summed E-state index contributed by atoms with van der Waals surface area (Å²) in [5.41, 5.74) is 0. The van der Waals surface area contributed by atoms with E-state index in [0.717, 1.165) is 51.4 Å². The molecule has 1 amide bonds. The predicted octanol–water partition coefficient (Wildman–Crippen LogP) is 16.1. The molecule has 12 unspecified atom stereocenters. The zero-order valence-corrected chi connectivity index (χ0v) is 57.0. The molecule has 2 aliphatic heterocycles. The first-order valence-corrected chi connectivity index (χ1v) is 37.9. The van der Waals surface area contributed by atoms with Gasteiger partial charge >= 0.3 is 0 Å². The van der Waals surface area contributed by atoms with E-state index in [9.17, 15) is 45.6 Å². The van der Waals surface area contributed by atoms with Crippen LogP contribution in [0.15, 0.2) is 12.2 Å². The molecule has 2 heterocycles. The standard InChI is InChI=1S/C74H143NO13/c1-3-5-7-9-11-13-15-17-19-21-23-25-27-29-30-31-32-34-35-37-39-41-43-45-47-49-51-53-55-57-63(78)62(61-85-73-71(84)69(82)72(65(60-77)87-73)88-74-70(83)68(81)67(80)64(59-76)86-74)75-66(79)58-56-54-52-50-48-46-44-42-40-38-36-33-28-26-24-22-20-18-16-14-12-10-8-6-4-2/h22,24,62-65,67-74,76-78,80-84H,3-21,23,25-61H2,1-2H3,(H,75,79)/b24-22-. The van der Waals surface area contributed by atoms with Crippen molar-refractivity contribution in [2.45, 2.75) is 434 Å². The third-order valence-corrected chi connectivity index (χ3v) is 19.0. The van der Waals surface area contributed by atoms with Crippen LogP contribution in [0.25, 0.3) is 0 Å². The largest absolute Gasteiger partial charge is 0.394 e. The van der Waals surface area contributed by atoms with Crippen LogP contribution in [0.3, 0.4) is 0 Å². The van der Waals surface area contributed by atoms with E-state index in [-0.39, 0.29) is 12.5 Å². The average molecular weight is 1250 g/mol. The lowest BCUT2D eigenvalue weighted by Crippen LogP contribution is -2.65. The Kier molecular flexibility index (Phi) is 56.0. The molecule has 0 aromatic heterocycles. The molecule has 0 aromatic carbocycles. The lowest BCUT2D eigenvalue weighted by atomic mass is 9.97. The molecule has 88 heavy (non-hydrogen) atoms. The topological polar surface area (TPSA) is 228 Å². The third-order valence-electron chi connectivity index (χ3n) is 19.0. The second-order valence-electron chi connectivity index (χ2n) is 27.1. The van der Waals surface area contributed by atoms with Crippen LogP contribution in [0.4, 0.5) is 0 Å². The highest BCUT2D eigenvalue weighted by Crippen LogP contribution is 2.30. The molecule has 2 saturated heterocycles. The van der Waals surface area contributed by atoms with Crippen molar-refractivity contribution in [1.82, 2.24) is 5.32 Å². The van der Waals surface area contributed by atoms with Crippen molar-refractivity contribution in [3.8, 4) is 0 Å². The van der Waals surface area contributed by atoms with Crippen LogP contribution in [-0.2, 0) is 23.7 Å². The van der Waals surface area contributed by atoms with E-state index >= 15 is 0 Å². The molecule has 0 spiro atoms. The maximum absolute atomic E-state index is 13.4. The smallest absolute Gasteiger partial charge is 0.220 e. The highest BCUT2D eigenvalue weighted by Gasteiger charge is 2.51. The Balaban J connectivity index is 1.63. The second-order valence-corrected chi connectivity index (χ2v) is 27.1. The Morgan fingerprint density at radius 2 is 0.716 bits per heavy atom. The van der Waals surface area contributed by atoms with E-state index in [4.69, 9.17) is 18.9 Å². The Labute approximate surface area is 539 Å². The van der Waals surface area contributed by atoms with Gasteiger partial charge in [-0.15, -0.1) is 0 Å². The molecule has 14 heteroatoms. The van der Waals surface area contributed by atoms with Gasteiger partial charge in [0.15, 0.2) is 12.6 Å². The van der Waals surface area contributed by atoms with Gasteiger partial charge in [-0.1, -0.05) is 328 Å². The summed E-state index contributed by atoms with van der Waals surface area (Å²) in [6.45, 7) is 2.93. The normalized spacial score (nSPS) is 23.1. The maximum Gasteiger partial charge on any atom is 0.220 e. The number of carbonyl (C=O) groups excluding carboxylic acids is 1. The van der Waals surface area contributed by atoms with Crippen LogP contribution in [0, 0.1) is 0 Å². The molecule has 0 aromatic rings. The molecule has 0 radical (unpaired) electrons. The Morgan fingerprint density at radius 1 is 0.398 bits per heavy atom. The van der Waals surface area contributed by atoms with Gasteiger partial charge in [0.1, 0.15) is 48.8 Å². The van der Waals surface area contributed by atoms with Crippen molar-refractivity contribution in [2.24, 2.45) is 0 Å². The SMILES string of the molecule is CCCCCCCCCC/C=C\CCCCCCCCCCCCCCCC(=O)NC(COC1OC(CO)C(OC2OC(CO)C(O)C(O)C2O)C(O)C1O)C(O)CCCCCCCCCCCCCCCCCCCCCCCCCCCCCCC. The number of carbonyl (C=O) groups is 1. The summed E-state index contributed by atoms with van der Waals surface area (Å²) in [5, 5.41) is 87.8. The van der Waals surface area contributed by atoms with Gasteiger partial charge in [0, 0.05) is 6.42 Å². The Hall–Kier alpha value is -1.27. The van der Waals surface area contributed by atoms with E-state index < -0.39 is 86.8 Å². The predicted molar refractivity (Wildman–Crippen MR) is 360 cm³/mol. The van der Waals surface area contributed by atoms with Gasteiger partial charge in [0.25, 0.3) is 0 Å². The van der Waals surface area contributed by atoms with E-state index in [1.165, 1.54) is 283 Å². The minimum absolute atomic E-state index is 0.199. The second kappa shape index (κ2) is 59.5.